The van der Waals surface area contributed by atoms with Gasteiger partial charge in [0, 0.05) is 22.2 Å². The second-order valence-corrected chi connectivity index (χ2v) is 10.8. The van der Waals surface area contributed by atoms with Crippen molar-refractivity contribution in [1.82, 2.24) is 0 Å². The van der Waals surface area contributed by atoms with E-state index in [0.717, 1.165) is 11.1 Å². The predicted octanol–water partition coefficient (Wildman–Crippen LogP) is 6.93. The van der Waals surface area contributed by atoms with Crippen LogP contribution in [0.25, 0.3) is 0 Å². The summed E-state index contributed by atoms with van der Waals surface area (Å²) in [7, 11) is 0. The molecule has 4 heteroatoms. The Morgan fingerprint density at radius 2 is 1.31 bits per heavy atom. The molecule has 0 unspecified atom stereocenters. The maximum absolute atomic E-state index is 13.6. The highest BCUT2D eigenvalue weighted by atomic mass is 16.4. The lowest BCUT2D eigenvalue weighted by Gasteiger charge is -2.24. The first-order valence-electron chi connectivity index (χ1n) is 11.7. The molecule has 0 aliphatic heterocycles. The van der Waals surface area contributed by atoms with Gasteiger partial charge in [-0.05, 0) is 85.8 Å². The number of hydrogen-bond donors (Lipinski definition) is 1. The zero-order valence-electron chi connectivity index (χ0n) is 21.3. The summed E-state index contributed by atoms with van der Waals surface area (Å²) in [4.78, 5) is 26.6. The van der Waals surface area contributed by atoms with E-state index in [-0.39, 0.29) is 22.3 Å². The van der Waals surface area contributed by atoms with Gasteiger partial charge in [-0.25, -0.2) is 4.79 Å². The van der Waals surface area contributed by atoms with Crippen LogP contribution in [0, 0.1) is 17.3 Å². The van der Waals surface area contributed by atoms with Gasteiger partial charge in [-0.1, -0.05) is 56.9 Å². The van der Waals surface area contributed by atoms with E-state index in [0.29, 0.717) is 17.8 Å². The third kappa shape index (κ3) is 7.07. The summed E-state index contributed by atoms with van der Waals surface area (Å²) in [6, 6.07) is 21.9. The van der Waals surface area contributed by atoms with Crippen LogP contribution in [0.15, 0.2) is 72.8 Å². The number of benzene rings is 3. The fourth-order valence-corrected chi connectivity index (χ4v) is 3.47. The van der Waals surface area contributed by atoms with Crippen molar-refractivity contribution in [3.63, 3.8) is 0 Å². The number of nitrogens with zero attached hydrogens (tertiary/aromatic N) is 1. The number of carboxylic acids is 1. The number of amides is 1. The smallest absolute Gasteiger partial charge is 0.335 e. The van der Waals surface area contributed by atoms with E-state index in [1.54, 1.807) is 29.2 Å². The molecule has 1 N–H and O–H groups in total. The van der Waals surface area contributed by atoms with Gasteiger partial charge in [0.1, 0.15) is 0 Å². The number of anilines is 1. The van der Waals surface area contributed by atoms with Gasteiger partial charge in [-0.2, -0.15) is 0 Å². The molecule has 3 rings (SSSR count). The second-order valence-electron chi connectivity index (χ2n) is 10.8. The van der Waals surface area contributed by atoms with Crippen molar-refractivity contribution in [3.05, 3.63) is 101 Å². The van der Waals surface area contributed by atoms with Crippen LogP contribution >= 0.6 is 0 Å². The number of carbonyl (C=O) groups excluding carboxylic acids is 1. The average Bonchev–Trinajstić information content (AvgIpc) is 2.80. The van der Waals surface area contributed by atoms with Crippen LogP contribution in [0.1, 0.15) is 78.9 Å². The SMILES string of the molecule is CC(C)(C)C#Cc1ccc(C(=O)N(Cc2ccc(C(C)(C)C)cc2)c2ccc(C(=O)O)cc2)cc1. The molecule has 0 spiro atoms. The number of carboxylic acid groups (broad SMARTS) is 1. The molecule has 180 valence electrons. The highest BCUT2D eigenvalue weighted by Gasteiger charge is 2.20. The third-order valence-electron chi connectivity index (χ3n) is 5.55. The zero-order valence-corrected chi connectivity index (χ0v) is 21.3. The maximum atomic E-state index is 13.6. The second kappa shape index (κ2) is 10.2. The van der Waals surface area contributed by atoms with Gasteiger partial charge in [-0.15, -0.1) is 0 Å². The van der Waals surface area contributed by atoms with E-state index in [2.05, 4.69) is 65.5 Å². The largest absolute Gasteiger partial charge is 0.478 e. The van der Waals surface area contributed by atoms with Crippen molar-refractivity contribution in [2.75, 3.05) is 4.90 Å². The Kier molecular flexibility index (Phi) is 7.51. The topological polar surface area (TPSA) is 57.6 Å². The number of aromatic carboxylic acids is 1. The maximum Gasteiger partial charge on any atom is 0.335 e. The molecule has 0 fully saturated rings. The molecular weight excluding hydrogens is 434 g/mol. The number of carbonyl (C=O) groups is 2. The molecule has 3 aromatic rings. The minimum atomic E-state index is -1.00. The Bertz CT molecular complexity index is 1250. The first-order chi connectivity index (χ1) is 16.3. The monoisotopic (exact) mass is 467 g/mol. The van der Waals surface area contributed by atoms with Crippen molar-refractivity contribution in [1.29, 1.82) is 0 Å². The van der Waals surface area contributed by atoms with Gasteiger partial charge in [0.05, 0.1) is 12.1 Å². The Labute approximate surface area is 208 Å². The summed E-state index contributed by atoms with van der Waals surface area (Å²) in [6.07, 6.45) is 0. The fraction of sp³-hybridized carbons (Fsp3) is 0.290. The van der Waals surface area contributed by atoms with Crippen molar-refractivity contribution in [2.45, 2.75) is 53.5 Å². The molecule has 0 aromatic heterocycles. The quantitative estimate of drug-likeness (QED) is 0.414. The van der Waals surface area contributed by atoms with Crippen molar-refractivity contribution in [2.24, 2.45) is 5.41 Å². The normalized spacial score (nSPS) is 11.4. The van der Waals surface area contributed by atoms with E-state index in [9.17, 15) is 14.7 Å². The van der Waals surface area contributed by atoms with E-state index in [1.807, 2.05) is 24.3 Å². The summed E-state index contributed by atoms with van der Waals surface area (Å²) < 4.78 is 0. The molecule has 0 aliphatic rings. The van der Waals surface area contributed by atoms with Gasteiger partial charge >= 0.3 is 5.97 Å². The number of rotatable bonds is 5. The lowest BCUT2D eigenvalue weighted by Crippen LogP contribution is -2.30. The highest BCUT2D eigenvalue weighted by Crippen LogP contribution is 2.25. The van der Waals surface area contributed by atoms with Crippen LogP contribution < -0.4 is 4.90 Å². The zero-order chi connectivity index (χ0) is 25.8. The average molecular weight is 468 g/mol. The minimum Gasteiger partial charge on any atom is -0.478 e. The lowest BCUT2D eigenvalue weighted by atomic mass is 9.87. The summed E-state index contributed by atoms with van der Waals surface area (Å²) in [6.45, 7) is 13.0. The first-order valence-corrected chi connectivity index (χ1v) is 11.7. The molecule has 0 aliphatic carbocycles. The Morgan fingerprint density at radius 1 is 0.771 bits per heavy atom. The fourth-order valence-electron chi connectivity index (χ4n) is 3.47. The molecule has 0 bridgehead atoms. The van der Waals surface area contributed by atoms with Crippen LogP contribution in [0.5, 0.6) is 0 Å². The highest BCUT2D eigenvalue weighted by molar-refractivity contribution is 6.06. The molecule has 1 amide bonds. The van der Waals surface area contributed by atoms with Crippen LogP contribution in [-0.4, -0.2) is 17.0 Å². The van der Waals surface area contributed by atoms with E-state index in [4.69, 9.17) is 0 Å². The summed E-state index contributed by atoms with van der Waals surface area (Å²) in [5, 5.41) is 9.26. The molecule has 0 heterocycles. The predicted molar refractivity (Wildman–Crippen MR) is 142 cm³/mol. The molecule has 0 radical (unpaired) electrons. The standard InChI is InChI=1S/C31H33NO3/c1-30(2,3)20-19-22-7-11-24(12-8-22)28(33)32(27-17-13-25(14-18-27)29(34)35)21-23-9-15-26(16-10-23)31(4,5)6/h7-18H,21H2,1-6H3,(H,34,35). The van der Waals surface area contributed by atoms with Crippen LogP contribution in [0.4, 0.5) is 5.69 Å². The minimum absolute atomic E-state index is 0.0400. The molecule has 0 saturated heterocycles. The van der Waals surface area contributed by atoms with Crippen LogP contribution in [-0.2, 0) is 12.0 Å². The van der Waals surface area contributed by atoms with Gasteiger partial charge in [0.15, 0.2) is 0 Å². The first kappa shape index (κ1) is 25.8. The van der Waals surface area contributed by atoms with Crippen LogP contribution in [0.2, 0.25) is 0 Å². The molecule has 3 aromatic carbocycles. The Balaban J connectivity index is 1.93. The lowest BCUT2D eigenvalue weighted by molar-refractivity contribution is 0.0696. The molecule has 0 saturated carbocycles. The summed E-state index contributed by atoms with van der Waals surface area (Å²) >= 11 is 0. The molecule has 4 nitrogen and oxygen atoms in total. The van der Waals surface area contributed by atoms with Crippen molar-refractivity contribution >= 4 is 17.6 Å². The molecule has 0 atom stereocenters. The van der Waals surface area contributed by atoms with Gasteiger partial charge in [-0.3, -0.25) is 4.79 Å². The Morgan fingerprint density at radius 3 is 1.80 bits per heavy atom. The van der Waals surface area contributed by atoms with E-state index in [1.165, 1.54) is 17.7 Å². The third-order valence-corrected chi connectivity index (χ3v) is 5.55. The van der Waals surface area contributed by atoms with Crippen molar-refractivity contribution < 1.29 is 14.7 Å². The van der Waals surface area contributed by atoms with Gasteiger partial charge in [0.2, 0.25) is 0 Å². The van der Waals surface area contributed by atoms with Gasteiger partial charge < -0.3 is 10.0 Å². The molecule has 35 heavy (non-hydrogen) atoms. The van der Waals surface area contributed by atoms with E-state index < -0.39 is 5.97 Å². The Hall–Kier alpha value is -3.84. The van der Waals surface area contributed by atoms with Crippen molar-refractivity contribution in [3.8, 4) is 11.8 Å². The van der Waals surface area contributed by atoms with Crippen LogP contribution in [0.3, 0.4) is 0 Å². The number of hydrogen-bond acceptors (Lipinski definition) is 2. The van der Waals surface area contributed by atoms with Gasteiger partial charge in [0.25, 0.3) is 5.91 Å². The van der Waals surface area contributed by atoms with E-state index >= 15 is 0 Å². The summed E-state index contributed by atoms with van der Waals surface area (Å²) in [5.41, 5.74) is 4.35. The summed E-state index contributed by atoms with van der Waals surface area (Å²) in [5.74, 6) is 5.19. The molecular formula is C31H33NO3.